The molecule has 0 saturated heterocycles. The van der Waals surface area contributed by atoms with Crippen molar-refractivity contribution < 1.29 is 23.7 Å². The number of benzene rings is 2. The minimum absolute atomic E-state index is 0.662. The highest BCUT2D eigenvalue weighted by molar-refractivity contribution is 5.79. The molecule has 0 amide bonds. The van der Waals surface area contributed by atoms with E-state index >= 15 is 0 Å². The van der Waals surface area contributed by atoms with Gasteiger partial charge < -0.3 is 34.3 Å². The summed E-state index contributed by atoms with van der Waals surface area (Å²) in [5, 5.41) is 6.66. The van der Waals surface area contributed by atoms with Crippen LogP contribution >= 0.6 is 0 Å². The molecule has 8 heteroatoms. The van der Waals surface area contributed by atoms with Crippen LogP contribution in [-0.4, -0.2) is 61.6 Å². The van der Waals surface area contributed by atoms with E-state index in [4.69, 9.17) is 23.7 Å². The molecule has 0 aromatic heterocycles. The zero-order valence-electron chi connectivity index (χ0n) is 19.2. The van der Waals surface area contributed by atoms with Crippen LogP contribution < -0.4 is 34.3 Å². The van der Waals surface area contributed by atoms with E-state index in [2.05, 4.69) is 15.6 Å². The number of hydrogen-bond acceptors (Lipinski definition) is 6. The number of guanidine groups is 1. The fourth-order valence-corrected chi connectivity index (χ4v) is 3.21. The highest BCUT2D eigenvalue weighted by Gasteiger charge is 2.13. The predicted octanol–water partition coefficient (Wildman–Crippen LogP) is 2.68. The molecule has 0 saturated carbocycles. The number of nitrogens with zero attached hydrogens (tertiary/aromatic N) is 1. The molecule has 170 valence electrons. The van der Waals surface area contributed by atoms with Crippen molar-refractivity contribution in [2.75, 3.05) is 55.7 Å². The number of nitrogens with one attached hydrogen (secondary N) is 2. The van der Waals surface area contributed by atoms with Crippen LogP contribution in [0.15, 0.2) is 35.3 Å². The van der Waals surface area contributed by atoms with Crippen LogP contribution in [0.3, 0.4) is 0 Å². The summed E-state index contributed by atoms with van der Waals surface area (Å²) in [4.78, 5) is 4.29. The van der Waals surface area contributed by atoms with Crippen molar-refractivity contribution in [1.29, 1.82) is 0 Å². The zero-order valence-corrected chi connectivity index (χ0v) is 19.2. The summed E-state index contributed by atoms with van der Waals surface area (Å²) >= 11 is 0. The Labute approximate surface area is 184 Å². The summed E-state index contributed by atoms with van der Waals surface area (Å²) in [6, 6.07) is 9.64. The van der Waals surface area contributed by atoms with Gasteiger partial charge >= 0.3 is 0 Å². The second-order valence-electron chi connectivity index (χ2n) is 6.63. The van der Waals surface area contributed by atoms with Crippen molar-refractivity contribution in [2.24, 2.45) is 4.99 Å². The second-order valence-corrected chi connectivity index (χ2v) is 6.63. The van der Waals surface area contributed by atoms with E-state index in [1.54, 1.807) is 42.6 Å². The Morgan fingerprint density at radius 3 is 1.81 bits per heavy atom. The van der Waals surface area contributed by atoms with Gasteiger partial charge in [-0.05, 0) is 30.5 Å². The lowest BCUT2D eigenvalue weighted by Crippen LogP contribution is -2.39. The molecule has 0 heterocycles. The van der Waals surface area contributed by atoms with Gasteiger partial charge in [-0.3, -0.25) is 4.99 Å². The molecule has 0 aliphatic rings. The monoisotopic (exact) mass is 431 g/mol. The fourth-order valence-electron chi connectivity index (χ4n) is 3.21. The maximum absolute atomic E-state index is 5.51. The summed E-state index contributed by atoms with van der Waals surface area (Å²) in [5.41, 5.74) is 2.12. The first-order chi connectivity index (χ1) is 15.1. The average Bonchev–Trinajstić information content (AvgIpc) is 2.82. The van der Waals surface area contributed by atoms with Gasteiger partial charge in [0.15, 0.2) is 17.5 Å². The SMILES string of the molecule is CN=C(NCCc1ccc(OC)c(OC)c1)NCCc1c(OC)cc(OC)cc1OC. The molecule has 0 aliphatic heterocycles. The first-order valence-corrected chi connectivity index (χ1v) is 10.0. The smallest absolute Gasteiger partial charge is 0.190 e. The molecule has 0 bridgehead atoms. The van der Waals surface area contributed by atoms with E-state index in [0.29, 0.717) is 18.7 Å². The van der Waals surface area contributed by atoms with Gasteiger partial charge in [0.2, 0.25) is 0 Å². The fraction of sp³-hybridized carbons (Fsp3) is 0.435. The molecule has 0 aliphatic carbocycles. The number of hydrogen-bond donors (Lipinski definition) is 2. The van der Waals surface area contributed by atoms with Gasteiger partial charge in [0, 0.05) is 37.8 Å². The summed E-state index contributed by atoms with van der Waals surface area (Å²) in [5.74, 6) is 4.33. The largest absolute Gasteiger partial charge is 0.496 e. The minimum atomic E-state index is 0.662. The molecule has 0 spiro atoms. The van der Waals surface area contributed by atoms with Crippen LogP contribution in [0.25, 0.3) is 0 Å². The van der Waals surface area contributed by atoms with Gasteiger partial charge in [-0.1, -0.05) is 6.07 Å². The third-order valence-corrected chi connectivity index (χ3v) is 4.86. The Kier molecular flexibility index (Phi) is 9.61. The lowest BCUT2D eigenvalue weighted by Gasteiger charge is -2.16. The Morgan fingerprint density at radius 2 is 1.29 bits per heavy atom. The van der Waals surface area contributed by atoms with E-state index in [9.17, 15) is 0 Å². The Bertz CT molecular complexity index is 845. The maximum Gasteiger partial charge on any atom is 0.190 e. The van der Waals surface area contributed by atoms with Gasteiger partial charge in [0.1, 0.15) is 17.2 Å². The number of ether oxygens (including phenoxy) is 5. The quantitative estimate of drug-likeness (QED) is 0.418. The van der Waals surface area contributed by atoms with Gasteiger partial charge in [-0.25, -0.2) is 0 Å². The number of aliphatic imine (C=N–C) groups is 1. The number of rotatable bonds is 11. The standard InChI is InChI=1S/C23H33N3O5/c1-24-23(25-11-9-16-7-8-19(28-3)22(13-16)31-6)26-12-10-18-20(29-4)14-17(27-2)15-21(18)30-5/h7-8,13-15H,9-12H2,1-6H3,(H2,24,25,26). The molecule has 0 atom stereocenters. The van der Waals surface area contributed by atoms with Crippen molar-refractivity contribution in [2.45, 2.75) is 12.8 Å². The zero-order chi connectivity index (χ0) is 22.6. The third kappa shape index (κ3) is 6.60. The van der Waals surface area contributed by atoms with E-state index in [-0.39, 0.29) is 0 Å². The van der Waals surface area contributed by atoms with Gasteiger partial charge in [0.05, 0.1) is 35.5 Å². The molecule has 2 aromatic carbocycles. The van der Waals surface area contributed by atoms with Crippen LogP contribution in [0.5, 0.6) is 28.7 Å². The summed E-state index contributed by atoms with van der Waals surface area (Å²) in [6.07, 6.45) is 1.52. The first kappa shape index (κ1) is 24.0. The summed E-state index contributed by atoms with van der Waals surface area (Å²) in [6.45, 7) is 1.39. The second kappa shape index (κ2) is 12.4. The number of methoxy groups -OCH3 is 5. The molecular weight excluding hydrogens is 398 g/mol. The molecule has 2 rings (SSSR count). The van der Waals surface area contributed by atoms with Gasteiger partial charge in [0.25, 0.3) is 0 Å². The van der Waals surface area contributed by atoms with Crippen molar-refractivity contribution in [1.82, 2.24) is 10.6 Å². The molecule has 2 N–H and O–H groups in total. The topological polar surface area (TPSA) is 82.6 Å². The molecule has 8 nitrogen and oxygen atoms in total. The molecule has 0 fully saturated rings. The van der Waals surface area contributed by atoms with Gasteiger partial charge in [-0.15, -0.1) is 0 Å². The van der Waals surface area contributed by atoms with Crippen LogP contribution in [0.4, 0.5) is 0 Å². The predicted molar refractivity (Wildman–Crippen MR) is 122 cm³/mol. The van der Waals surface area contributed by atoms with E-state index in [0.717, 1.165) is 53.1 Å². The van der Waals surface area contributed by atoms with E-state index < -0.39 is 0 Å². The van der Waals surface area contributed by atoms with Crippen LogP contribution in [0.1, 0.15) is 11.1 Å². The highest BCUT2D eigenvalue weighted by atomic mass is 16.5. The third-order valence-electron chi connectivity index (χ3n) is 4.86. The van der Waals surface area contributed by atoms with Crippen LogP contribution in [-0.2, 0) is 12.8 Å². The molecule has 31 heavy (non-hydrogen) atoms. The van der Waals surface area contributed by atoms with Crippen LogP contribution in [0.2, 0.25) is 0 Å². The van der Waals surface area contributed by atoms with E-state index in [1.807, 2.05) is 30.3 Å². The lowest BCUT2D eigenvalue weighted by molar-refractivity contribution is 0.354. The maximum atomic E-state index is 5.51. The van der Waals surface area contributed by atoms with Crippen molar-refractivity contribution in [3.63, 3.8) is 0 Å². The normalized spacial score (nSPS) is 11.0. The van der Waals surface area contributed by atoms with Crippen molar-refractivity contribution in [3.05, 3.63) is 41.5 Å². The average molecular weight is 432 g/mol. The van der Waals surface area contributed by atoms with Crippen molar-refractivity contribution >= 4 is 5.96 Å². The van der Waals surface area contributed by atoms with Gasteiger partial charge in [-0.2, -0.15) is 0 Å². The van der Waals surface area contributed by atoms with Crippen molar-refractivity contribution in [3.8, 4) is 28.7 Å². The molecule has 0 unspecified atom stereocenters. The lowest BCUT2D eigenvalue weighted by atomic mass is 10.1. The Morgan fingerprint density at radius 1 is 0.710 bits per heavy atom. The Balaban J connectivity index is 1.90. The molecular formula is C23H33N3O5. The van der Waals surface area contributed by atoms with E-state index in [1.165, 1.54) is 0 Å². The first-order valence-electron chi connectivity index (χ1n) is 10.0. The summed E-state index contributed by atoms with van der Waals surface area (Å²) < 4.78 is 27.0. The highest BCUT2D eigenvalue weighted by Crippen LogP contribution is 2.34. The molecule has 0 radical (unpaired) electrons. The van der Waals surface area contributed by atoms with Crippen LogP contribution in [0, 0.1) is 0 Å². The summed E-state index contributed by atoms with van der Waals surface area (Å²) in [7, 11) is 9.91. The molecule has 2 aromatic rings. The Hall–Kier alpha value is -3.29. The minimum Gasteiger partial charge on any atom is -0.496 e.